The van der Waals surface area contributed by atoms with Crippen molar-refractivity contribution in [2.24, 2.45) is 5.16 Å². The second-order valence-electron chi connectivity index (χ2n) is 6.55. The maximum absolute atomic E-state index is 13.0. The summed E-state index contributed by atoms with van der Waals surface area (Å²) >= 11 is 6.86. The third-order valence-corrected chi connectivity index (χ3v) is 5.45. The average Bonchev–Trinajstić information content (AvgIpc) is 3.26. The van der Waals surface area contributed by atoms with Gasteiger partial charge in [0.1, 0.15) is 18.5 Å². The molecule has 3 amide bonds. The lowest BCUT2D eigenvalue weighted by Crippen LogP contribution is -2.72. The van der Waals surface area contributed by atoms with Crippen LogP contribution in [0.15, 0.2) is 46.6 Å². The third-order valence-electron chi connectivity index (χ3n) is 4.41. The quantitative estimate of drug-likeness (QED) is 0.145. The monoisotopic (exact) mass is 481 g/mol. The van der Waals surface area contributed by atoms with Gasteiger partial charge >= 0.3 is 5.97 Å². The van der Waals surface area contributed by atoms with Gasteiger partial charge in [-0.05, 0) is 5.56 Å². The van der Waals surface area contributed by atoms with Gasteiger partial charge in [-0.25, -0.2) is 4.79 Å². The number of β-lactam (4-membered cyclic amide) rings is 1. The summed E-state index contributed by atoms with van der Waals surface area (Å²) in [5, 5.41) is 11.8. The fourth-order valence-electron chi connectivity index (χ4n) is 2.79. The minimum atomic E-state index is -1.13. The van der Waals surface area contributed by atoms with E-state index in [2.05, 4.69) is 26.0 Å². The molecule has 170 valence electrons. The Bertz CT molecular complexity index is 957. The number of nitrogens with one attached hydrogen (secondary N) is 3. The maximum atomic E-state index is 13.0. The van der Waals surface area contributed by atoms with E-state index in [4.69, 9.17) is 16.4 Å². The number of esters is 1. The van der Waals surface area contributed by atoms with Gasteiger partial charge in [0.25, 0.3) is 11.8 Å². The molecule has 13 heteroatoms. The summed E-state index contributed by atoms with van der Waals surface area (Å²) in [6, 6.07) is 7.02. The first-order valence-corrected chi connectivity index (χ1v) is 10.9. The SMILES string of the molecule is COC(=O)C1NC(=O)C1NC(=O)/C(=N\OCc1ccccc1)C1=CSCN1NC(=O)CCl. The fraction of sp³-hybridized carbons (Fsp3) is 0.316. The van der Waals surface area contributed by atoms with E-state index in [1.807, 2.05) is 30.3 Å². The number of amides is 3. The van der Waals surface area contributed by atoms with Crippen molar-refractivity contribution >= 4 is 52.8 Å². The van der Waals surface area contributed by atoms with Crippen LogP contribution in [0.25, 0.3) is 0 Å². The van der Waals surface area contributed by atoms with Crippen molar-refractivity contribution in [3.63, 3.8) is 0 Å². The second-order valence-corrected chi connectivity index (χ2v) is 7.65. The summed E-state index contributed by atoms with van der Waals surface area (Å²) in [7, 11) is 1.17. The fourth-order valence-corrected chi connectivity index (χ4v) is 3.68. The van der Waals surface area contributed by atoms with E-state index in [1.165, 1.54) is 23.9 Å². The van der Waals surface area contributed by atoms with Gasteiger partial charge in [-0.1, -0.05) is 35.5 Å². The summed E-state index contributed by atoms with van der Waals surface area (Å²) in [5.74, 6) is -2.46. The van der Waals surface area contributed by atoms with Gasteiger partial charge in [0, 0.05) is 5.41 Å². The molecule has 0 radical (unpaired) electrons. The molecule has 2 atom stereocenters. The first-order valence-electron chi connectivity index (χ1n) is 9.32. The van der Waals surface area contributed by atoms with Crippen LogP contribution in [0.3, 0.4) is 0 Å². The molecule has 0 spiro atoms. The van der Waals surface area contributed by atoms with Gasteiger partial charge in [-0.2, -0.15) is 0 Å². The Kier molecular flexibility index (Phi) is 7.95. The number of hydrogen-bond acceptors (Lipinski definition) is 9. The topological polar surface area (TPSA) is 138 Å². The number of carbonyl (C=O) groups excluding carboxylic acids is 4. The van der Waals surface area contributed by atoms with Gasteiger partial charge in [0.2, 0.25) is 5.91 Å². The minimum absolute atomic E-state index is 0.0841. The number of alkyl halides is 1. The van der Waals surface area contributed by atoms with Gasteiger partial charge in [0.15, 0.2) is 11.8 Å². The Hall–Kier alpha value is -3.25. The standard InChI is InChI=1S/C19H20ClN5O6S/c1-30-19(29)16-15(18(28)22-16)21-17(27)14(24-31-8-11-5-3-2-4-6-11)12-9-32-10-25(12)23-13(26)7-20/h2-6,9,15-16H,7-8,10H2,1H3,(H,21,27)(H,22,28)(H,23,26)/b24-14-. The Morgan fingerprint density at radius 1 is 1.31 bits per heavy atom. The summed E-state index contributed by atoms with van der Waals surface area (Å²) in [6.45, 7) is 0.0841. The molecule has 2 aliphatic rings. The number of carbonyl (C=O) groups is 4. The molecule has 2 heterocycles. The highest BCUT2D eigenvalue weighted by Crippen LogP contribution is 2.23. The number of thioether (sulfide) groups is 1. The van der Waals surface area contributed by atoms with Crippen LogP contribution in [-0.2, 0) is 35.4 Å². The van der Waals surface area contributed by atoms with Crippen LogP contribution < -0.4 is 16.1 Å². The van der Waals surface area contributed by atoms with Crippen LogP contribution in [0.1, 0.15) is 5.56 Å². The lowest BCUT2D eigenvalue weighted by Gasteiger charge is -2.34. The summed E-state index contributed by atoms with van der Waals surface area (Å²) in [5.41, 5.74) is 3.43. The highest BCUT2D eigenvalue weighted by Gasteiger charge is 2.46. The van der Waals surface area contributed by atoms with Crippen LogP contribution in [0.4, 0.5) is 0 Å². The van der Waals surface area contributed by atoms with Crippen molar-refractivity contribution in [3.05, 3.63) is 47.0 Å². The molecule has 3 rings (SSSR count). The Morgan fingerprint density at radius 2 is 2.06 bits per heavy atom. The molecule has 2 aliphatic heterocycles. The first-order chi connectivity index (χ1) is 15.4. The predicted molar refractivity (Wildman–Crippen MR) is 116 cm³/mol. The molecule has 11 nitrogen and oxygen atoms in total. The van der Waals surface area contributed by atoms with E-state index in [0.717, 1.165) is 5.56 Å². The van der Waals surface area contributed by atoms with Gasteiger partial charge in [0.05, 0.1) is 18.7 Å². The Morgan fingerprint density at radius 3 is 2.72 bits per heavy atom. The Balaban J connectivity index is 1.78. The number of halogens is 1. The Labute approximate surface area is 192 Å². The molecule has 0 bridgehead atoms. The second kappa shape index (κ2) is 10.9. The van der Waals surface area contributed by atoms with Crippen LogP contribution in [0.5, 0.6) is 0 Å². The number of nitrogens with zero attached hydrogens (tertiary/aromatic N) is 2. The number of hydrazine groups is 1. The molecule has 0 saturated carbocycles. The molecular formula is C19H20ClN5O6S. The molecule has 32 heavy (non-hydrogen) atoms. The zero-order valence-corrected chi connectivity index (χ0v) is 18.4. The molecule has 2 unspecified atom stereocenters. The molecule has 0 aromatic heterocycles. The molecule has 1 aromatic rings. The van der Waals surface area contributed by atoms with Crippen molar-refractivity contribution in [1.29, 1.82) is 0 Å². The summed E-state index contributed by atoms with van der Waals surface area (Å²) in [6.07, 6.45) is 0. The van der Waals surface area contributed by atoms with Gasteiger partial charge in [-0.3, -0.25) is 24.8 Å². The zero-order valence-electron chi connectivity index (χ0n) is 16.9. The normalized spacial score (nSPS) is 19.9. The lowest BCUT2D eigenvalue weighted by molar-refractivity contribution is -0.153. The first kappa shape index (κ1) is 23.4. The molecule has 1 saturated heterocycles. The summed E-state index contributed by atoms with van der Waals surface area (Å²) in [4.78, 5) is 53.8. The van der Waals surface area contributed by atoms with E-state index >= 15 is 0 Å². The molecular weight excluding hydrogens is 462 g/mol. The number of hydrogen-bond donors (Lipinski definition) is 3. The van der Waals surface area contributed by atoms with E-state index in [-0.39, 0.29) is 23.9 Å². The smallest absolute Gasteiger partial charge is 0.331 e. The van der Waals surface area contributed by atoms with Crippen molar-refractivity contribution in [2.75, 3.05) is 18.9 Å². The van der Waals surface area contributed by atoms with E-state index in [9.17, 15) is 19.2 Å². The molecule has 1 aromatic carbocycles. The van der Waals surface area contributed by atoms with Crippen LogP contribution in [-0.4, -0.2) is 65.4 Å². The highest BCUT2D eigenvalue weighted by atomic mass is 35.5. The lowest BCUT2D eigenvalue weighted by atomic mass is 9.98. The number of methoxy groups -OCH3 is 1. The number of ether oxygens (including phenoxy) is 1. The average molecular weight is 482 g/mol. The molecule has 1 fully saturated rings. The predicted octanol–water partition coefficient (Wildman–Crippen LogP) is -0.167. The van der Waals surface area contributed by atoms with Crippen molar-refractivity contribution < 1.29 is 28.8 Å². The van der Waals surface area contributed by atoms with Gasteiger partial charge < -0.3 is 20.2 Å². The molecule has 0 aliphatic carbocycles. The van der Waals surface area contributed by atoms with Crippen molar-refractivity contribution in [1.82, 2.24) is 21.1 Å². The van der Waals surface area contributed by atoms with Crippen LogP contribution in [0.2, 0.25) is 0 Å². The minimum Gasteiger partial charge on any atom is -0.467 e. The van der Waals surface area contributed by atoms with E-state index < -0.39 is 35.8 Å². The third kappa shape index (κ3) is 5.51. The van der Waals surface area contributed by atoms with E-state index in [0.29, 0.717) is 5.88 Å². The maximum Gasteiger partial charge on any atom is 0.331 e. The number of benzene rings is 1. The van der Waals surface area contributed by atoms with Gasteiger partial charge in [-0.15, -0.1) is 23.4 Å². The zero-order chi connectivity index (χ0) is 23.1. The van der Waals surface area contributed by atoms with Crippen LogP contribution in [0, 0.1) is 0 Å². The van der Waals surface area contributed by atoms with Crippen molar-refractivity contribution in [3.8, 4) is 0 Å². The molecule has 3 N–H and O–H groups in total. The number of oxime groups is 1. The van der Waals surface area contributed by atoms with Crippen LogP contribution >= 0.6 is 23.4 Å². The highest BCUT2D eigenvalue weighted by molar-refractivity contribution is 8.02. The summed E-state index contributed by atoms with van der Waals surface area (Å²) < 4.78 is 4.62. The largest absolute Gasteiger partial charge is 0.467 e. The van der Waals surface area contributed by atoms with Crippen molar-refractivity contribution in [2.45, 2.75) is 18.7 Å². The number of rotatable bonds is 9. The van der Waals surface area contributed by atoms with E-state index in [1.54, 1.807) is 5.41 Å².